The number of pyridine rings is 2. The number of aryl methyl sites for hydroxylation is 1. The normalized spacial score (nSPS) is 18.0. The molecule has 19 heavy (non-hydrogen) atoms. The second-order valence-electron chi connectivity index (χ2n) is 5.05. The van der Waals surface area contributed by atoms with E-state index in [0.29, 0.717) is 6.04 Å². The van der Waals surface area contributed by atoms with E-state index in [9.17, 15) is 0 Å². The van der Waals surface area contributed by atoms with Crippen molar-refractivity contribution in [1.82, 2.24) is 15.3 Å². The first-order valence-corrected chi connectivity index (χ1v) is 6.99. The number of nitrogens with zero attached hydrogens (tertiary/aromatic N) is 2. The molecule has 0 saturated carbocycles. The zero-order valence-corrected chi connectivity index (χ0v) is 11.0. The molecule has 0 aromatic carbocycles. The summed E-state index contributed by atoms with van der Waals surface area (Å²) in [5.74, 6) is 0. The van der Waals surface area contributed by atoms with Gasteiger partial charge in [0.05, 0.1) is 5.69 Å². The molecule has 0 spiro atoms. The van der Waals surface area contributed by atoms with Crippen LogP contribution in [0.25, 0.3) is 0 Å². The average molecular weight is 253 g/mol. The molecule has 1 atom stereocenters. The number of nitrogens with one attached hydrogen (secondary N) is 1. The van der Waals surface area contributed by atoms with Crippen LogP contribution < -0.4 is 5.32 Å². The molecule has 1 aliphatic carbocycles. The van der Waals surface area contributed by atoms with Gasteiger partial charge in [0.2, 0.25) is 0 Å². The Balaban J connectivity index is 1.59. The van der Waals surface area contributed by atoms with E-state index in [-0.39, 0.29) is 0 Å². The summed E-state index contributed by atoms with van der Waals surface area (Å²) in [4.78, 5) is 8.60. The maximum absolute atomic E-state index is 4.55. The zero-order valence-electron chi connectivity index (χ0n) is 11.0. The fourth-order valence-electron chi connectivity index (χ4n) is 2.75. The van der Waals surface area contributed by atoms with Crippen molar-refractivity contribution in [3.63, 3.8) is 0 Å². The van der Waals surface area contributed by atoms with Gasteiger partial charge in [-0.3, -0.25) is 9.97 Å². The fraction of sp³-hybridized carbons (Fsp3) is 0.375. The predicted octanol–water partition coefficient (Wildman–Crippen LogP) is 2.69. The van der Waals surface area contributed by atoms with Crippen LogP contribution in [0.15, 0.2) is 42.9 Å². The van der Waals surface area contributed by atoms with Gasteiger partial charge in [-0.25, -0.2) is 0 Å². The van der Waals surface area contributed by atoms with Crippen LogP contribution in [0.2, 0.25) is 0 Å². The number of hydrogen-bond acceptors (Lipinski definition) is 3. The molecule has 3 heteroatoms. The molecule has 2 aromatic heterocycles. The van der Waals surface area contributed by atoms with Crippen molar-refractivity contribution >= 4 is 0 Å². The summed E-state index contributed by atoms with van der Waals surface area (Å²) < 4.78 is 0. The number of fused-ring (bicyclic) bond motifs is 1. The number of aromatic nitrogens is 2. The van der Waals surface area contributed by atoms with E-state index in [1.54, 1.807) is 0 Å². The Morgan fingerprint density at radius 3 is 2.95 bits per heavy atom. The van der Waals surface area contributed by atoms with Crippen LogP contribution in [0.5, 0.6) is 0 Å². The van der Waals surface area contributed by atoms with E-state index in [2.05, 4.69) is 33.5 Å². The molecule has 1 unspecified atom stereocenters. The first-order chi connectivity index (χ1) is 9.43. The Hall–Kier alpha value is -1.74. The first-order valence-electron chi connectivity index (χ1n) is 6.99. The van der Waals surface area contributed by atoms with Crippen LogP contribution in [0.4, 0.5) is 0 Å². The van der Waals surface area contributed by atoms with Crippen molar-refractivity contribution in [2.75, 3.05) is 6.54 Å². The van der Waals surface area contributed by atoms with Crippen molar-refractivity contribution in [1.29, 1.82) is 0 Å². The van der Waals surface area contributed by atoms with Crippen molar-refractivity contribution < 1.29 is 0 Å². The largest absolute Gasteiger partial charge is 0.308 e. The van der Waals surface area contributed by atoms with E-state index < -0.39 is 0 Å². The Morgan fingerprint density at radius 2 is 2.05 bits per heavy atom. The van der Waals surface area contributed by atoms with Gasteiger partial charge in [0.15, 0.2) is 0 Å². The SMILES string of the molecule is c1cnc2c(c1)CCCC2NCCc1ccncc1. The maximum atomic E-state index is 4.55. The second kappa shape index (κ2) is 5.93. The molecular formula is C16H19N3. The van der Waals surface area contributed by atoms with E-state index in [0.717, 1.165) is 13.0 Å². The third-order valence-corrected chi connectivity index (χ3v) is 3.75. The quantitative estimate of drug-likeness (QED) is 0.910. The zero-order chi connectivity index (χ0) is 12.9. The van der Waals surface area contributed by atoms with Gasteiger partial charge in [0, 0.05) is 24.6 Å². The molecule has 1 aliphatic rings. The van der Waals surface area contributed by atoms with Crippen molar-refractivity contribution in [2.24, 2.45) is 0 Å². The van der Waals surface area contributed by atoms with Crippen LogP contribution in [0.1, 0.15) is 35.7 Å². The molecular weight excluding hydrogens is 234 g/mol. The molecule has 2 aromatic rings. The minimum Gasteiger partial charge on any atom is -0.308 e. The van der Waals surface area contributed by atoms with Gasteiger partial charge in [-0.1, -0.05) is 6.07 Å². The summed E-state index contributed by atoms with van der Waals surface area (Å²) in [6.45, 7) is 0.991. The van der Waals surface area contributed by atoms with Crippen LogP contribution in [-0.2, 0) is 12.8 Å². The smallest absolute Gasteiger partial charge is 0.0605 e. The standard InChI is InChI=1S/C16H19N3/c1-3-14-4-2-9-19-16(14)15(5-1)18-12-8-13-6-10-17-11-7-13/h2,4,6-7,9-11,15,18H,1,3,5,8,12H2. The highest BCUT2D eigenvalue weighted by Crippen LogP contribution is 2.27. The molecule has 0 radical (unpaired) electrons. The lowest BCUT2D eigenvalue weighted by atomic mass is 9.92. The summed E-state index contributed by atoms with van der Waals surface area (Å²) in [7, 11) is 0. The third-order valence-electron chi connectivity index (χ3n) is 3.75. The molecule has 0 aliphatic heterocycles. The minimum atomic E-state index is 0.423. The van der Waals surface area contributed by atoms with Gasteiger partial charge in [0.25, 0.3) is 0 Å². The summed E-state index contributed by atoms with van der Waals surface area (Å²) in [6.07, 6.45) is 10.3. The monoisotopic (exact) mass is 253 g/mol. The highest BCUT2D eigenvalue weighted by molar-refractivity contribution is 5.25. The highest BCUT2D eigenvalue weighted by Gasteiger charge is 2.20. The van der Waals surface area contributed by atoms with Crippen molar-refractivity contribution in [3.05, 3.63) is 59.7 Å². The topological polar surface area (TPSA) is 37.8 Å². The van der Waals surface area contributed by atoms with Crippen LogP contribution in [-0.4, -0.2) is 16.5 Å². The summed E-state index contributed by atoms with van der Waals surface area (Å²) >= 11 is 0. The first kappa shape index (κ1) is 12.3. The lowest BCUT2D eigenvalue weighted by molar-refractivity contribution is 0.451. The van der Waals surface area contributed by atoms with Crippen LogP contribution in [0.3, 0.4) is 0 Å². The van der Waals surface area contributed by atoms with E-state index in [1.807, 2.05) is 24.7 Å². The van der Waals surface area contributed by atoms with E-state index >= 15 is 0 Å². The molecule has 0 bridgehead atoms. The van der Waals surface area contributed by atoms with E-state index in [1.165, 1.54) is 36.1 Å². The Labute approximate surface area is 114 Å². The van der Waals surface area contributed by atoms with Crippen LogP contribution >= 0.6 is 0 Å². The molecule has 3 rings (SSSR count). The van der Waals surface area contributed by atoms with Gasteiger partial charge in [0.1, 0.15) is 0 Å². The molecule has 3 nitrogen and oxygen atoms in total. The molecule has 2 heterocycles. The Bertz CT molecular complexity index is 525. The molecule has 0 saturated heterocycles. The van der Waals surface area contributed by atoms with E-state index in [4.69, 9.17) is 0 Å². The van der Waals surface area contributed by atoms with Gasteiger partial charge in [-0.05, 0) is 61.6 Å². The third kappa shape index (κ3) is 2.99. The molecule has 0 amide bonds. The van der Waals surface area contributed by atoms with Gasteiger partial charge >= 0.3 is 0 Å². The Kier molecular flexibility index (Phi) is 3.84. The summed E-state index contributed by atoms with van der Waals surface area (Å²) in [5, 5.41) is 3.64. The van der Waals surface area contributed by atoms with Crippen LogP contribution in [0, 0.1) is 0 Å². The minimum absolute atomic E-state index is 0.423. The highest BCUT2D eigenvalue weighted by atomic mass is 14.9. The molecule has 98 valence electrons. The number of hydrogen-bond donors (Lipinski definition) is 1. The van der Waals surface area contributed by atoms with Crippen molar-refractivity contribution in [2.45, 2.75) is 31.7 Å². The van der Waals surface area contributed by atoms with Crippen molar-refractivity contribution in [3.8, 4) is 0 Å². The second-order valence-corrected chi connectivity index (χ2v) is 5.05. The molecule has 0 fully saturated rings. The summed E-state index contributed by atoms with van der Waals surface area (Å²) in [6, 6.07) is 8.83. The summed E-state index contributed by atoms with van der Waals surface area (Å²) in [5.41, 5.74) is 4.00. The number of rotatable bonds is 4. The van der Waals surface area contributed by atoms with Gasteiger partial charge in [-0.2, -0.15) is 0 Å². The fourth-order valence-corrected chi connectivity index (χ4v) is 2.75. The molecule has 1 N–H and O–H groups in total. The lowest BCUT2D eigenvalue weighted by Crippen LogP contribution is -2.28. The average Bonchev–Trinajstić information content (AvgIpc) is 2.49. The van der Waals surface area contributed by atoms with Gasteiger partial charge < -0.3 is 5.32 Å². The lowest BCUT2D eigenvalue weighted by Gasteiger charge is -2.25. The maximum Gasteiger partial charge on any atom is 0.0605 e. The van der Waals surface area contributed by atoms with Gasteiger partial charge in [-0.15, -0.1) is 0 Å². The predicted molar refractivity (Wildman–Crippen MR) is 75.9 cm³/mol. The Morgan fingerprint density at radius 1 is 1.16 bits per heavy atom.